The lowest BCUT2D eigenvalue weighted by atomic mass is 10.1. The molecule has 0 aliphatic heterocycles. The molecule has 1 amide bonds. The second-order valence-corrected chi connectivity index (χ2v) is 3.48. The normalized spacial score (nSPS) is 11.3. The van der Waals surface area contributed by atoms with E-state index in [4.69, 9.17) is 11.2 Å². The van der Waals surface area contributed by atoms with E-state index in [1.165, 1.54) is 0 Å². The molecule has 0 aromatic heterocycles. The molecule has 1 rings (SSSR count). The second-order valence-electron chi connectivity index (χ2n) is 3.48. The number of rotatable bonds is 4. The number of amides is 1. The highest BCUT2D eigenvalue weighted by Crippen LogP contribution is 2.12. The number of terminal acetylenes is 1. The molecular formula is C13H15NO2. The SMILES string of the molecule is C#CC(C)NC(=O)Cc1cccc(OC)c1. The molecule has 0 saturated carbocycles. The van der Waals surface area contributed by atoms with Crippen LogP contribution in [-0.2, 0) is 11.2 Å². The van der Waals surface area contributed by atoms with E-state index in [9.17, 15) is 4.79 Å². The smallest absolute Gasteiger partial charge is 0.225 e. The maximum Gasteiger partial charge on any atom is 0.225 e. The minimum atomic E-state index is -0.238. The van der Waals surface area contributed by atoms with Gasteiger partial charge in [0, 0.05) is 0 Å². The Balaban J connectivity index is 2.59. The number of hydrogen-bond donors (Lipinski definition) is 1. The molecule has 3 nitrogen and oxygen atoms in total. The van der Waals surface area contributed by atoms with E-state index >= 15 is 0 Å². The summed E-state index contributed by atoms with van der Waals surface area (Å²) in [5.41, 5.74) is 0.904. The predicted octanol–water partition coefficient (Wildman–Crippen LogP) is 1.38. The van der Waals surface area contributed by atoms with Crippen molar-refractivity contribution in [3.8, 4) is 18.1 Å². The molecule has 0 bridgehead atoms. The van der Waals surface area contributed by atoms with E-state index in [0.29, 0.717) is 6.42 Å². The van der Waals surface area contributed by atoms with Gasteiger partial charge in [-0.3, -0.25) is 4.79 Å². The van der Waals surface area contributed by atoms with Gasteiger partial charge >= 0.3 is 0 Å². The summed E-state index contributed by atoms with van der Waals surface area (Å²) in [6, 6.07) is 7.17. The van der Waals surface area contributed by atoms with Crippen molar-refractivity contribution in [3.63, 3.8) is 0 Å². The van der Waals surface area contributed by atoms with Gasteiger partial charge in [-0.1, -0.05) is 18.1 Å². The lowest BCUT2D eigenvalue weighted by Gasteiger charge is -2.08. The van der Waals surface area contributed by atoms with E-state index in [0.717, 1.165) is 11.3 Å². The van der Waals surface area contributed by atoms with Gasteiger partial charge in [0.05, 0.1) is 19.6 Å². The fourth-order valence-corrected chi connectivity index (χ4v) is 1.30. The van der Waals surface area contributed by atoms with Crippen molar-refractivity contribution in [1.29, 1.82) is 0 Å². The van der Waals surface area contributed by atoms with Crippen LogP contribution < -0.4 is 10.1 Å². The summed E-state index contributed by atoms with van der Waals surface area (Å²) in [5.74, 6) is 3.11. The van der Waals surface area contributed by atoms with Crippen LogP contribution in [0.1, 0.15) is 12.5 Å². The quantitative estimate of drug-likeness (QED) is 0.774. The van der Waals surface area contributed by atoms with Gasteiger partial charge in [-0.2, -0.15) is 0 Å². The maximum atomic E-state index is 11.5. The molecule has 0 saturated heterocycles. The average molecular weight is 217 g/mol. The van der Waals surface area contributed by atoms with Crippen LogP contribution in [0.4, 0.5) is 0 Å². The summed E-state index contributed by atoms with van der Waals surface area (Å²) < 4.78 is 5.07. The zero-order chi connectivity index (χ0) is 12.0. The number of methoxy groups -OCH3 is 1. The van der Waals surface area contributed by atoms with Crippen LogP contribution >= 0.6 is 0 Å². The molecule has 0 aliphatic rings. The number of carbonyl (C=O) groups excluding carboxylic acids is 1. The van der Waals surface area contributed by atoms with E-state index < -0.39 is 0 Å². The Morgan fingerprint density at radius 1 is 1.62 bits per heavy atom. The van der Waals surface area contributed by atoms with E-state index in [1.54, 1.807) is 14.0 Å². The standard InChI is InChI=1S/C13H15NO2/c1-4-10(2)14-13(15)9-11-6-5-7-12(8-11)16-3/h1,5-8,10H,9H2,2-3H3,(H,14,15). The predicted molar refractivity (Wildman–Crippen MR) is 63.1 cm³/mol. The largest absolute Gasteiger partial charge is 0.497 e. The van der Waals surface area contributed by atoms with Crippen molar-refractivity contribution in [3.05, 3.63) is 29.8 Å². The monoisotopic (exact) mass is 217 g/mol. The first-order chi connectivity index (χ1) is 7.65. The summed E-state index contributed by atoms with van der Waals surface area (Å²) in [6.45, 7) is 1.77. The van der Waals surface area contributed by atoms with Crippen LogP contribution in [0, 0.1) is 12.3 Å². The van der Waals surface area contributed by atoms with Crippen LogP contribution in [0.5, 0.6) is 5.75 Å². The minimum Gasteiger partial charge on any atom is -0.497 e. The van der Waals surface area contributed by atoms with Gasteiger partial charge in [0.25, 0.3) is 0 Å². The van der Waals surface area contributed by atoms with Crippen molar-refractivity contribution in [2.75, 3.05) is 7.11 Å². The topological polar surface area (TPSA) is 38.3 Å². The van der Waals surface area contributed by atoms with Crippen molar-refractivity contribution in [1.82, 2.24) is 5.32 Å². The molecule has 0 spiro atoms. The highest BCUT2D eigenvalue weighted by molar-refractivity contribution is 5.79. The molecule has 1 unspecified atom stereocenters. The summed E-state index contributed by atoms with van der Waals surface area (Å²) in [4.78, 5) is 11.5. The molecule has 1 N–H and O–H groups in total. The zero-order valence-electron chi connectivity index (χ0n) is 9.49. The third-order valence-corrected chi connectivity index (χ3v) is 2.13. The molecule has 0 aliphatic carbocycles. The zero-order valence-corrected chi connectivity index (χ0v) is 9.49. The van der Waals surface area contributed by atoms with E-state index in [-0.39, 0.29) is 11.9 Å². The van der Waals surface area contributed by atoms with Crippen LogP contribution in [0.3, 0.4) is 0 Å². The summed E-state index contributed by atoms with van der Waals surface area (Å²) >= 11 is 0. The molecule has 3 heteroatoms. The molecule has 0 radical (unpaired) electrons. The first-order valence-electron chi connectivity index (χ1n) is 5.04. The van der Waals surface area contributed by atoms with Gasteiger partial charge in [0.1, 0.15) is 5.75 Å². The fourth-order valence-electron chi connectivity index (χ4n) is 1.30. The van der Waals surface area contributed by atoms with Crippen LogP contribution in [0.25, 0.3) is 0 Å². The number of nitrogens with one attached hydrogen (secondary N) is 1. The average Bonchev–Trinajstić information content (AvgIpc) is 2.28. The van der Waals surface area contributed by atoms with Crippen molar-refractivity contribution in [2.24, 2.45) is 0 Å². The fraction of sp³-hybridized carbons (Fsp3) is 0.308. The third-order valence-electron chi connectivity index (χ3n) is 2.13. The van der Waals surface area contributed by atoms with E-state index in [1.807, 2.05) is 24.3 Å². The molecule has 1 aromatic carbocycles. The van der Waals surface area contributed by atoms with E-state index in [2.05, 4.69) is 11.2 Å². The molecule has 0 heterocycles. The highest BCUT2D eigenvalue weighted by Gasteiger charge is 2.06. The molecule has 84 valence electrons. The van der Waals surface area contributed by atoms with Gasteiger partial charge in [0.15, 0.2) is 0 Å². The number of hydrogen-bond acceptors (Lipinski definition) is 2. The Bertz CT molecular complexity index is 407. The Kier molecular flexibility index (Phi) is 4.41. The molecular weight excluding hydrogens is 202 g/mol. The van der Waals surface area contributed by atoms with Gasteiger partial charge in [0.2, 0.25) is 5.91 Å². The van der Waals surface area contributed by atoms with Gasteiger partial charge in [-0.15, -0.1) is 6.42 Å². The second kappa shape index (κ2) is 5.82. The lowest BCUT2D eigenvalue weighted by molar-refractivity contribution is -0.120. The minimum absolute atomic E-state index is 0.0845. The number of carbonyl (C=O) groups is 1. The lowest BCUT2D eigenvalue weighted by Crippen LogP contribution is -2.32. The third kappa shape index (κ3) is 3.66. The van der Waals surface area contributed by atoms with Crippen LogP contribution in [0.2, 0.25) is 0 Å². The Morgan fingerprint density at radius 3 is 3.00 bits per heavy atom. The van der Waals surface area contributed by atoms with Gasteiger partial charge in [-0.05, 0) is 24.6 Å². The number of ether oxygens (including phenoxy) is 1. The number of benzene rings is 1. The molecule has 0 fully saturated rings. The molecule has 1 atom stereocenters. The summed E-state index contributed by atoms with van der Waals surface area (Å²) in [6.07, 6.45) is 5.48. The molecule has 16 heavy (non-hydrogen) atoms. The Labute approximate surface area is 95.8 Å². The van der Waals surface area contributed by atoms with Gasteiger partial charge < -0.3 is 10.1 Å². The Hall–Kier alpha value is -1.95. The summed E-state index contributed by atoms with van der Waals surface area (Å²) in [7, 11) is 1.60. The van der Waals surface area contributed by atoms with Crippen molar-refractivity contribution < 1.29 is 9.53 Å². The van der Waals surface area contributed by atoms with Crippen LogP contribution in [0.15, 0.2) is 24.3 Å². The first-order valence-corrected chi connectivity index (χ1v) is 5.04. The Morgan fingerprint density at radius 2 is 2.38 bits per heavy atom. The first kappa shape index (κ1) is 12.1. The van der Waals surface area contributed by atoms with Crippen LogP contribution in [-0.4, -0.2) is 19.1 Å². The van der Waals surface area contributed by atoms with Gasteiger partial charge in [-0.25, -0.2) is 0 Å². The van der Waals surface area contributed by atoms with Crippen molar-refractivity contribution >= 4 is 5.91 Å². The highest BCUT2D eigenvalue weighted by atomic mass is 16.5. The molecule has 1 aromatic rings. The summed E-state index contributed by atoms with van der Waals surface area (Å²) in [5, 5.41) is 2.70. The van der Waals surface area contributed by atoms with Crippen molar-refractivity contribution in [2.45, 2.75) is 19.4 Å². The maximum absolute atomic E-state index is 11.5.